The fourth-order valence-corrected chi connectivity index (χ4v) is 0.949. The standard InChI is InChI=1S/C7H10ClN3/c1-2-10-6-4-11-7(8)3-5(6)9/h3-4,10H,2H2,1H3,(H2,9,11). The first-order valence-electron chi connectivity index (χ1n) is 3.39. The lowest BCUT2D eigenvalue weighted by Crippen LogP contribution is -2.01. The molecule has 0 unspecified atom stereocenters. The molecule has 0 amide bonds. The number of aromatic nitrogens is 1. The fraction of sp³-hybridized carbons (Fsp3) is 0.286. The van der Waals surface area contributed by atoms with Gasteiger partial charge in [0.25, 0.3) is 0 Å². The van der Waals surface area contributed by atoms with Gasteiger partial charge in [-0.2, -0.15) is 0 Å². The van der Waals surface area contributed by atoms with Crippen molar-refractivity contribution in [1.82, 2.24) is 4.98 Å². The number of hydrogen-bond donors (Lipinski definition) is 2. The van der Waals surface area contributed by atoms with Gasteiger partial charge in [0.2, 0.25) is 0 Å². The molecule has 0 spiro atoms. The Morgan fingerprint density at radius 2 is 2.45 bits per heavy atom. The van der Waals surface area contributed by atoms with Crippen molar-refractivity contribution in [3.05, 3.63) is 17.4 Å². The number of rotatable bonds is 2. The Bertz CT molecular complexity index is 249. The molecular weight excluding hydrogens is 162 g/mol. The van der Waals surface area contributed by atoms with Crippen LogP contribution >= 0.6 is 11.6 Å². The van der Waals surface area contributed by atoms with Crippen LogP contribution in [0.4, 0.5) is 11.4 Å². The van der Waals surface area contributed by atoms with Crippen LogP contribution in [-0.4, -0.2) is 11.5 Å². The molecule has 1 aromatic rings. The highest BCUT2D eigenvalue weighted by Gasteiger charge is 1.97. The van der Waals surface area contributed by atoms with E-state index in [1.54, 1.807) is 12.3 Å². The quantitative estimate of drug-likeness (QED) is 0.667. The van der Waals surface area contributed by atoms with E-state index in [0.29, 0.717) is 10.8 Å². The topological polar surface area (TPSA) is 50.9 Å². The van der Waals surface area contributed by atoms with Crippen molar-refractivity contribution >= 4 is 23.0 Å². The molecule has 0 aliphatic heterocycles. The average molecular weight is 172 g/mol. The molecule has 0 radical (unpaired) electrons. The Morgan fingerprint density at radius 1 is 1.73 bits per heavy atom. The van der Waals surface area contributed by atoms with Gasteiger partial charge in [0.1, 0.15) is 5.15 Å². The third kappa shape index (κ3) is 1.98. The number of anilines is 2. The van der Waals surface area contributed by atoms with Crippen LogP contribution in [0.2, 0.25) is 5.15 Å². The highest BCUT2D eigenvalue weighted by atomic mass is 35.5. The lowest BCUT2D eigenvalue weighted by Gasteiger charge is -2.05. The summed E-state index contributed by atoms with van der Waals surface area (Å²) in [6.07, 6.45) is 1.63. The maximum atomic E-state index is 5.62. The van der Waals surface area contributed by atoms with Crippen molar-refractivity contribution in [1.29, 1.82) is 0 Å². The number of nitrogen functional groups attached to an aromatic ring is 1. The molecule has 0 fully saturated rings. The molecule has 0 bridgehead atoms. The van der Waals surface area contributed by atoms with Gasteiger partial charge in [-0.05, 0) is 6.92 Å². The van der Waals surface area contributed by atoms with Crippen LogP contribution in [-0.2, 0) is 0 Å². The van der Waals surface area contributed by atoms with Crippen molar-refractivity contribution in [2.75, 3.05) is 17.6 Å². The molecule has 11 heavy (non-hydrogen) atoms. The SMILES string of the molecule is CCNc1cnc(Cl)cc1N. The number of nitrogens with zero attached hydrogens (tertiary/aromatic N) is 1. The van der Waals surface area contributed by atoms with Crippen molar-refractivity contribution in [3.8, 4) is 0 Å². The predicted octanol–water partition coefficient (Wildman–Crippen LogP) is 1.75. The van der Waals surface area contributed by atoms with Crippen LogP contribution in [0.5, 0.6) is 0 Å². The summed E-state index contributed by atoms with van der Waals surface area (Å²) < 4.78 is 0. The van der Waals surface area contributed by atoms with E-state index in [1.165, 1.54) is 0 Å². The molecule has 4 heteroatoms. The first-order valence-corrected chi connectivity index (χ1v) is 3.76. The minimum Gasteiger partial charge on any atom is -0.397 e. The van der Waals surface area contributed by atoms with E-state index in [4.69, 9.17) is 17.3 Å². The van der Waals surface area contributed by atoms with Crippen LogP contribution in [0.1, 0.15) is 6.92 Å². The van der Waals surface area contributed by atoms with Crippen LogP contribution < -0.4 is 11.1 Å². The van der Waals surface area contributed by atoms with Crippen LogP contribution in [0.25, 0.3) is 0 Å². The Morgan fingerprint density at radius 3 is 3.00 bits per heavy atom. The summed E-state index contributed by atoms with van der Waals surface area (Å²) in [4.78, 5) is 3.88. The summed E-state index contributed by atoms with van der Waals surface area (Å²) in [6, 6.07) is 1.62. The van der Waals surface area contributed by atoms with E-state index in [1.807, 2.05) is 6.92 Å². The average Bonchev–Trinajstić information content (AvgIpc) is 1.95. The normalized spacial score (nSPS) is 9.64. The zero-order valence-corrected chi connectivity index (χ0v) is 7.02. The molecule has 1 aromatic heterocycles. The largest absolute Gasteiger partial charge is 0.397 e. The minimum atomic E-state index is 0.421. The highest BCUT2D eigenvalue weighted by Crippen LogP contribution is 2.19. The van der Waals surface area contributed by atoms with E-state index < -0.39 is 0 Å². The van der Waals surface area contributed by atoms with E-state index in [2.05, 4.69) is 10.3 Å². The summed E-state index contributed by atoms with van der Waals surface area (Å²) in [7, 11) is 0. The molecule has 0 saturated heterocycles. The lowest BCUT2D eigenvalue weighted by molar-refractivity contribution is 1.19. The van der Waals surface area contributed by atoms with Gasteiger partial charge in [-0.3, -0.25) is 0 Å². The molecular formula is C7H10ClN3. The van der Waals surface area contributed by atoms with Gasteiger partial charge in [0.05, 0.1) is 17.6 Å². The number of nitrogens with one attached hydrogen (secondary N) is 1. The Balaban J connectivity index is 2.90. The second-order valence-electron chi connectivity index (χ2n) is 2.12. The second kappa shape index (κ2) is 3.44. The third-order valence-electron chi connectivity index (χ3n) is 1.27. The molecule has 60 valence electrons. The lowest BCUT2D eigenvalue weighted by atomic mass is 10.3. The van der Waals surface area contributed by atoms with Crippen molar-refractivity contribution in [3.63, 3.8) is 0 Å². The molecule has 0 aliphatic carbocycles. The maximum absolute atomic E-state index is 5.62. The smallest absolute Gasteiger partial charge is 0.131 e. The molecule has 0 aliphatic rings. The van der Waals surface area contributed by atoms with Gasteiger partial charge < -0.3 is 11.1 Å². The zero-order valence-electron chi connectivity index (χ0n) is 6.26. The summed E-state index contributed by atoms with van der Waals surface area (Å²) in [5.41, 5.74) is 7.08. The van der Waals surface area contributed by atoms with E-state index >= 15 is 0 Å². The van der Waals surface area contributed by atoms with Crippen LogP contribution in [0, 0.1) is 0 Å². The van der Waals surface area contributed by atoms with Gasteiger partial charge in [-0.1, -0.05) is 11.6 Å². The molecule has 0 atom stereocenters. The Labute approximate surface area is 70.6 Å². The summed E-state index contributed by atoms with van der Waals surface area (Å²) in [5, 5.41) is 3.48. The first-order chi connectivity index (χ1) is 5.24. The monoisotopic (exact) mass is 171 g/mol. The highest BCUT2D eigenvalue weighted by molar-refractivity contribution is 6.29. The van der Waals surface area contributed by atoms with Gasteiger partial charge in [-0.15, -0.1) is 0 Å². The zero-order chi connectivity index (χ0) is 8.27. The number of hydrogen-bond acceptors (Lipinski definition) is 3. The summed E-state index contributed by atoms with van der Waals surface area (Å²) in [5.74, 6) is 0. The van der Waals surface area contributed by atoms with Crippen molar-refractivity contribution in [2.45, 2.75) is 6.92 Å². The maximum Gasteiger partial charge on any atom is 0.131 e. The van der Waals surface area contributed by atoms with E-state index in [9.17, 15) is 0 Å². The number of pyridine rings is 1. The Kier molecular flexibility index (Phi) is 2.54. The third-order valence-corrected chi connectivity index (χ3v) is 1.48. The summed E-state index contributed by atoms with van der Waals surface area (Å²) in [6.45, 7) is 2.82. The minimum absolute atomic E-state index is 0.421. The molecule has 1 rings (SSSR count). The molecule has 0 saturated carbocycles. The van der Waals surface area contributed by atoms with E-state index in [-0.39, 0.29) is 0 Å². The molecule has 3 nitrogen and oxygen atoms in total. The fourth-order valence-electron chi connectivity index (χ4n) is 0.782. The van der Waals surface area contributed by atoms with Gasteiger partial charge in [0, 0.05) is 12.6 Å². The number of nitrogens with two attached hydrogens (primary N) is 1. The van der Waals surface area contributed by atoms with Crippen LogP contribution in [0.15, 0.2) is 12.3 Å². The van der Waals surface area contributed by atoms with Gasteiger partial charge in [0.15, 0.2) is 0 Å². The van der Waals surface area contributed by atoms with E-state index in [0.717, 1.165) is 12.2 Å². The first kappa shape index (κ1) is 8.14. The van der Waals surface area contributed by atoms with Crippen molar-refractivity contribution in [2.24, 2.45) is 0 Å². The van der Waals surface area contributed by atoms with Gasteiger partial charge in [-0.25, -0.2) is 4.98 Å². The predicted molar refractivity (Wildman–Crippen MR) is 47.8 cm³/mol. The van der Waals surface area contributed by atoms with Crippen molar-refractivity contribution < 1.29 is 0 Å². The summed E-state index contributed by atoms with van der Waals surface area (Å²) >= 11 is 5.60. The number of halogens is 1. The molecule has 1 heterocycles. The van der Waals surface area contributed by atoms with Crippen LogP contribution in [0.3, 0.4) is 0 Å². The molecule has 0 aromatic carbocycles. The second-order valence-corrected chi connectivity index (χ2v) is 2.51. The molecule has 3 N–H and O–H groups in total. The van der Waals surface area contributed by atoms with Gasteiger partial charge >= 0.3 is 0 Å². The Hall–Kier alpha value is -0.960.